The summed E-state index contributed by atoms with van der Waals surface area (Å²) in [5.41, 5.74) is 6.97. The summed E-state index contributed by atoms with van der Waals surface area (Å²) in [6.45, 7) is 12.3. The van der Waals surface area contributed by atoms with Crippen molar-refractivity contribution in [3.8, 4) is 11.3 Å². The minimum atomic E-state index is -0.690. The van der Waals surface area contributed by atoms with E-state index in [0.717, 1.165) is 37.0 Å². The lowest BCUT2D eigenvalue weighted by Crippen LogP contribution is -2.45. The van der Waals surface area contributed by atoms with Crippen LogP contribution in [0.3, 0.4) is 0 Å². The van der Waals surface area contributed by atoms with Crippen LogP contribution in [0.5, 0.6) is 0 Å². The number of hydrogen-bond acceptors (Lipinski definition) is 5. The lowest BCUT2D eigenvalue weighted by molar-refractivity contribution is 0.102. The molecule has 1 aliphatic heterocycles. The number of nitrogens with two attached hydrogens (primary N) is 1. The average molecular weight is 503 g/mol. The minimum Gasteiger partial charge on any atom is -0.387 e. The third-order valence-electron chi connectivity index (χ3n) is 6.34. The van der Waals surface area contributed by atoms with Crippen LogP contribution in [0.4, 0.5) is 8.78 Å². The monoisotopic (exact) mass is 502 g/mol. The van der Waals surface area contributed by atoms with Gasteiger partial charge in [0.25, 0.3) is 0 Å². The van der Waals surface area contributed by atoms with Crippen LogP contribution in [-0.4, -0.2) is 45.9 Å². The number of thiazole rings is 1. The Kier molecular flexibility index (Phi) is 8.54. The van der Waals surface area contributed by atoms with Crippen molar-refractivity contribution in [3.63, 3.8) is 0 Å². The Morgan fingerprint density at radius 2 is 1.86 bits per heavy atom. The lowest BCUT2D eigenvalue weighted by Gasteiger charge is -2.40. The van der Waals surface area contributed by atoms with Gasteiger partial charge in [-0.25, -0.2) is 18.8 Å². The summed E-state index contributed by atoms with van der Waals surface area (Å²) in [6.07, 6.45) is 2.50. The zero-order valence-corrected chi connectivity index (χ0v) is 22.0. The van der Waals surface area contributed by atoms with Crippen LogP contribution in [0.15, 0.2) is 23.2 Å². The molecule has 0 unspecified atom stereocenters. The van der Waals surface area contributed by atoms with Crippen LogP contribution >= 0.6 is 11.3 Å². The van der Waals surface area contributed by atoms with Gasteiger partial charge in [0.1, 0.15) is 23.3 Å². The molecule has 1 aromatic carbocycles. The number of aromatic nitrogens is 1. The molecule has 3 rings (SSSR count). The first kappa shape index (κ1) is 27.1. The summed E-state index contributed by atoms with van der Waals surface area (Å²) in [5, 5.41) is 17.5. The second kappa shape index (κ2) is 11.0. The molecule has 0 atom stereocenters. The van der Waals surface area contributed by atoms with Crippen molar-refractivity contribution < 1.29 is 8.78 Å². The number of hydrogen-bond donors (Lipinski definition) is 3. The van der Waals surface area contributed by atoms with Gasteiger partial charge in [-0.3, -0.25) is 10.3 Å². The third kappa shape index (κ3) is 6.79. The van der Waals surface area contributed by atoms with E-state index in [0.29, 0.717) is 29.2 Å². The number of piperidine rings is 1. The molecule has 9 heteroatoms. The molecule has 6 nitrogen and oxygen atoms in total. The van der Waals surface area contributed by atoms with E-state index >= 15 is 0 Å². The molecule has 0 aliphatic carbocycles. The molecular formula is C26H36F2N6S. The molecule has 2 aromatic rings. The van der Waals surface area contributed by atoms with Crippen molar-refractivity contribution in [2.45, 2.75) is 71.8 Å². The van der Waals surface area contributed by atoms with Gasteiger partial charge in [0, 0.05) is 35.4 Å². The molecule has 35 heavy (non-hydrogen) atoms. The normalized spacial score (nSPS) is 16.2. The Balaban J connectivity index is 1.87. The van der Waals surface area contributed by atoms with E-state index in [-0.39, 0.29) is 34.5 Å². The SMILES string of the molecule is CC(C)C(=N)N=C(N)CCC(=N)c1sc(C2CCN(C(C)(C)C)CC2)nc1-c1ccc(F)cc1F. The summed E-state index contributed by atoms with van der Waals surface area (Å²) >= 11 is 1.42. The van der Waals surface area contributed by atoms with E-state index < -0.39 is 11.6 Å². The second-order valence-electron chi connectivity index (χ2n) is 10.4. The van der Waals surface area contributed by atoms with Gasteiger partial charge < -0.3 is 11.1 Å². The number of benzene rings is 1. The van der Waals surface area contributed by atoms with E-state index in [9.17, 15) is 8.78 Å². The van der Waals surface area contributed by atoms with Gasteiger partial charge in [-0.1, -0.05) is 13.8 Å². The van der Waals surface area contributed by atoms with Crippen molar-refractivity contribution in [2.75, 3.05) is 13.1 Å². The molecule has 0 spiro atoms. The molecule has 0 radical (unpaired) electrons. The molecule has 2 heterocycles. The Morgan fingerprint density at radius 3 is 2.43 bits per heavy atom. The zero-order valence-electron chi connectivity index (χ0n) is 21.2. The summed E-state index contributed by atoms with van der Waals surface area (Å²) < 4.78 is 28.3. The number of nitrogens with zero attached hydrogens (tertiary/aromatic N) is 3. The second-order valence-corrected chi connectivity index (χ2v) is 11.4. The number of rotatable bonds is 7. The van der Waals surface area contributed by atoms with Gasteiger partial charge in [-0.2, -0.15) is 0 Å². The van der Waals surface area contributed by atoms with Crippen LogP contribution in [0, 0.1) is 28.4 Å². The molecule has 1 saturated heterocycles. The van der Waals surface area contributed by atoms with E-state index in [1.54, 1.807) is 0 Å². The molecule has 1 aromatic heterocycles. The number of likely N-dealkylation sites (tertiary alicyclic amines) is 1. The van der Waals surface area contributed by atoms with Crippen LogP contribution in [0.2, 0.25) is 0 Å². The summed E-state index contributed by atoms with van der Waals surface area (Å²) in [5.74, 6) is -0.642. The predicted molar refractivity (Wildman–Crippen MR) is 141 cm³/mol. The van der Waals surface area contributed by atoms with Gasteiger partial charge in [0.05, 0.1) is 21.3 Å². The van der Waals surface area contributed by atoms with Crippen molar-refractivity contribution in [3.05, 3.63) is 39.7 Å². The summed E-state index contributed by atoms with van der Waals surface area (Å²) in [6, 6.07) is 3.46. The first-order valence-electron chi connectivity index (χ1n) is 12.1. The minimum absolute atomic E-state index is 0.0326. The zero-order chi connectivity index (χ0) is 25.9. The standard InChI is InChI=1S/C26H36F2N6S/c1-15(2)24(31)32-21(30)9-8-20(29)23-22(18-7-6-17(27)14-19(18)28)33-25(35-23)16-10-12-34(13-11-16)26(3,4)5/h6-7,14-16,29H,8-13H2,1-5H3,(H3,30,31,32). The molecule has 0 saturated carbocycles. The van der Waals surface area contributed by atoms with Crippen LogP contribution in [-0.2, 0) is 0 Å². The predicted octanol–water partition coefficient (Wildman–Crippen LogP) is 6.20. The van der Waals surface area contributed by atoms with Gasteiger partial charge in [-0.05, 0) is 65.3 Å². The van der Waals surface area contributed by atoms with Gasteiger partial charge in [-0.15, -0.1) is 11.3 Å². The number of amidine groups is 2. The Labute approximate surface area is 210 Å². The van der Waals surface area contributed by atoms with E-state index in [4.69, 9.17) is 21.5 Å². The number of aliphatic imine (C=N–C) groups is 1. The fourth-order valence-corrected chi connectivity index (χ4v) is 5.31. The fourth-order valence-electron chi connectivity index (χ4n) is 4.08. The Morgan fingerprint density at radius 1 is 1.20 bits per heavy atom. The van der Waals surface area contributed by atoms with E-state index in [1.807, 2.05) is 13.8 Å². The highest BCUT2D eigenvalue weighted by molar-refractivity contribution is 7.14. The van der Waals surface area contributed by atoms with Crippen molar-refractivity contribution in [1.29, 1.82) is 10.8 Å². The largest absolute Gasteiger partial charge is 0.387 e. The molecular weight excluding hydrogens is 466 g/mol. The number of halogens is 2. The molecule has 0 bridgehead atoms. The van der Waals surface area contributed by atoms with Crippen LogP contribution in [0.1, 0.15) is 76.1 Å². The van der Waals surface area contributed by atoms with Crippen molar-refractivity contribution >= 4 is 28.7 Å². The highest BCUT2D eigenvalue weighted by Crippen LogP contribution is 2.38. The molecule has 1 fully saturated rings. The summed E-state index contributed by atoms with van der Waals surface area (Å²) in [4.78, 5) is 12.0. The van der Waals surface area contributed by atoms with Gasteiger partial charge >= 0.3 is 0 Å². The van der Waals surface area contributed by atoms with Crippen LogP contribution in [0.25, 0.3) is 11.3 Å². The van der Waals surface area contributed by atoms with Crippen molar-refractivity contribution in [1.82, 2.24) is 9.88 Å². The molecule has 1 aliphatic rings. The molecule has 190 valence electrons. The first-order valence-corrected chi connectivity index (χ1v) is 12.9. The van der Waals surface area contributed by atoms with Crippen molar-refractivity contribution in [2.24, 2.45) is 16.6 Å². The van der Waals surface area contributed by atoms with Gasteiger partial charge in [0.15, 0.2) is 0 Å². The topological polar surface area (TPSA) is 102 Å². The quantitative estimate of drug-likeness (QED) is 0.310. The van der Waals surface area contributed by atoms with E-state index in [2.05, 4.69) is 30.7 Å². The lowest BCUT2D eigenvalue weighted by atomic mass is 9.93. The van der Waals surface area contributed by atoms with Crippen LogP contribution < -0.4 is 5.73 Å². The van der Waals surface area contributed by atoms with Gasteiger partial charge in [0.2, 0.25) is 0 Å². The Hall–Kier alpha value is -2.52. The maximum atomic E-state index is 14.7. The average Bonchev–Trinajstić information content (AvgIpc) is 3.22. The highest BCUT2D eigenvalue weighted by atomic mass is 32.1. The molecule has 4 N–H and O–H groups in total. The molecule has 0 amide bonds. The maximum absolute atomic E-state index is 14.7. The highest BCUT2D eigenvalue weighted by Gasteiger charge is 2.30. The smallest absolute Gasteiger partial charge is 0.135 e. The maximum Gasteiger partial charge on any atom is 0.135 e. The van der Waals surface area contributed by atoms with E-state index in [1.165, 1.54) is 23.5 Å². The first-order chi connectivity index (χ1) is 16.4. The fraction of sp³-hybridized carbons (Fsp3) is 0.538. The third-order valence-corrected chi connectivity index (χ3v) is 7.62. The Bertz CT molecular complexity index is 1110. The summed E-state index contributed by atoms with van der Waals surface area (Å²) in [7, 11) is 0. The number of nitrogens with one attached hydrogen (secondary N) is 2.